The topological polar surface area (TPSA) is 70.6 Å². The fourth-order valence-electron chi connectivity index (χ4n) is 2.94. The van der Waals surface area contributed by atoms with E-state index in [4.69, 9.17) is 4.74 Å². The van der Waals surface area contributed by atoms with Crippen molar-refractivity contribution in [3.8, 4) is 0 Å². The molecule has 1 saturated heterocycles. The van der Waals surface area contributed by atoms with E-state index >= 15 is 0 Å². The SMILES string of the molecule is C[C@@H]1N[C@@H](c2ccccc2)[C@H](NC(=O)OC(C)(C)C)[C@H]1CO. The first-order valence-corrected chi connectivity index (χ1v) is 7.73. The van der Waals surface area contributed by atoms with Crippen molar-refractivity contribution in [2.24, 2.45) is 5.92 Å². The third-order valence-electron chi connectivity index (χ3n) is 3.96. The second-order valence-corrected chi connectivity index (χ2v) is 6.86. The number of ether oxygens (including phenoxy) is 1. The van der Waals surface area contributed by atoms with Crippen molar-refractivity contribution < 1.29 is 14.6 Å². The largest absolute Gasteiger partial charge is 0.444 e. The van der Waals surface area contributed by atoms with E-state index in [-0.39, 0.29) is 30.7 Å². The first-order chi connectivity index (χ1) is 10.3. The zero-order valence-corrected chi connectivity index (χ0v) is 13.7. The van der Waals surface area contributed by atoms with Gasteiger partial charge in [-0.3, -0.25) is 0 Å². The fourth-order valence-corrected chi connectivity index (χ4v) is 2.94. The number of aliphatic hydroxyl groups is 1. The summed E-state index contributed by atoms with van der Waals surface area (Å²) in [5.41, 5.74) is 0.546. The Hall–Kier alpha value is -1.59. The lowest BCUT2D eigenvalue weighted by atomic mass is 9.92. The molecule has 0 saturated carbocycles. The number of nitrogens with one attached hydrogen (secondary N) is 2. The Morgan fingerprint density at radius 3 is 2.50 bits per heavy atom. The quantitative estimate of drug-likeness (QED) is 0.801. The second-order valence-electron chi connectivity index (χ2n) is 6.86. The van der Waals surface area contributed by atoms with Crippen LogP contribution in [0.4, 0.5) is 4.79 Å². The number of carbonyl (C=O) groups excluding carboxylic acids is 1. The molecule has 1 heterocycles. The lowest BCUT2D eigenvalue weighted by Gasteiger charge is -2.27. The maximum Gasteiger partial charge on any atom is 0.407 e. The van der Waals surface area contributed by atoms with Gasteiger partial charge in [0.15, 0.2) is 0 Å². The first kappa shape index (κ1) is 16.8. The van der Waals surface area contributed by atoms with Crippen molar-refractivity contribution in [1.82, 2.24) is 10.6 Å². The fraction of sp³-hybridized carbons (Fsp3) is 0.588. The van der Waals surface area contributed by atoms with Gasteiger partial charge in [-0.05, 0) is 33.3 Å². The minimum Gasteiger partial charge on any atom is -0.444 e. The lowest BCUT2D eigenvalue weighted by Crippen LogP contribution is -2.45. The highest BCUT2D eigenvalue weighted by Crippen LogP contribution is 2.31. The van der Waals surface area contributed by atoms with E-state index in [9.17, 15) is 9.90 Å². The van der Waals surface area contributed by atoms with Gasteiger partial charge < -0.3 is 20.5 Å². The number of hydrogen-bond donors (Lipinski definition) is 3. The Morgan fingerprint density at radius 1 is 1.32 bits per heavy atom. The maximum atomic E-state index is 12.1. The Labute approximate surface area is 132 Å². The Bertz CT molecular complexity index is 498. The van der Waals surface area contributed by atoms with Gasteiger partial charge in [-0.15, -0.1) is 0 Å². The van der Waals surface area contributed by atoms with E-state index in [0.717, 1.165) is 5.56 Å². The number of rotatable bonds is 3. The summed E-state index contributed by atoms with van der Waals surface area (Å²) in [6.45, 7) is 7.53. The van der Waals surface area contributed by atoms with Crippen LogP contribution in [0.3, 0.4) is 0 Å². The molecule has 4 atom stereocenters. The number of benzene rings is 1. The highest BCUT2D eigenvalue weighted by molar-refractivity contribution is 5.68. The monoisotopic (exact) mass is 306 g/mol. The highest BCUT2D eigenvalue weighted by atomic mass is 16.6. The Kier molecular flexibility index (Phi) is 5.08. The van der Waals surface area contributed by atoms with Gasteiger partial charge >= 0.3 is 6.09 Å². The molecule has 1 amide bonds. The van der Waals surface area contributed by atoms with E-state index in [2.05, 4.69) is 10.6 Å². The van der Waals surface area contributed by atoms with E-state index in [0.29, 0.717) is 0 Å². The van der Waals surface area contributed by atoms with Crippen molar-refractivity contribution in [2.75, 3.05) is 6.61 Å². The summed E-state index contributed by atoms with van der Waals surface area (Å²) in [6.07, 6.45) is -0.451. The first-order valence-electron chi connectivity index (χ1n) is 7.73. The third-order valence-corrected chi connectivity index (χ3v) is 3.96. The minimum atomic E-state index is -0.543. The molecule has 22 heavy (non-hydrogen) atoms. The van der Waals surface area contributed by atoms with Crippen LogP contribution in [0, 0.1) is 5.92 Å². The van der Waals surface area contributed by atoms with Crippen molar-refractivity contribution in [3.63, 3.8) is 0 Å². The standard InChI is InChI=1S/C17H26N2O3/c1-11-13(10-20)15(19-16(21)22-17(2,3)4)14(18-11)12-8-6-5-7-9-12/h5-9,11,13-15,18,20H,10H2,1-4H3,(H,19,21)/t11-,13-,14-,15+/m0/s1. The van der Waals surface area contributed by atoms with Crippen LogP contribution in [0.2, 0.25) is 0 Å². The molecule has 0 aliphatic carbocycles. The molecule has 5 heteroatoms. The van der Waals surface area contributed by atoms with E-state index in [1.165, 1.54) is 0 Å². The van der Waals surface area contributed by atoms with E-state index < -0.39 is 11.7 Å². The normalized spacial score (nSPS) is 28.4. The van der Waals surface area contributed by atoms with Crippen molar-refractivity contribution in [1.29, 1.82) is 0 Å². The lowest BCUT2D eigenvalue weighted by molar-refractivity contribution is 0.0474. The number of hydrogen-bond acceptors (Lipinski definition) is 4. The molecule has 0 bridgehead atoms. The summed E-state index contributed by atoms with van der Waals surface area (Å²) in [6, 6.07) is 9.80. The Morgan fingerprint density at radius 2 is 1.95 bits per heavy atom. The van der Waals surface area contributed by atoms with Crippen LogP contribution < -0.4 is 10.6 Å². The van der Waals surface area contributed by atoms with E-state index in [1.807, 2.05) is 58.0 Å². The summed E-state index contributed by atoms with van der Waals surface area (Å²) in [5.74, 6) is -0.0577. The van der Waals surface area contributed by atoms with Crippen LogP contribution in [0.1, 0.15) is 39.3 Å². The average Bonchev–Trinajstić information content (AvgIpc) is 2.73. The van der Waals surface area contributed by atoms with Crippen LogP contribution in [-0.4, -0.2) is 35.5 Å². The van der Waals surface area contributed by atoms with Gasteiger partial charge in [0.1, 0.15) is 5.60 Å². The number of alkyl carbamates (subject to hydrolysis) is 1. The highest BCUT2D eigenvalue weighted by Gasteiger charge is 2.42. The molecular weight excluding hydrogens is 280 g/mol. The molecule has 122 valence electrons. The second kappa shape index (κ2) is 6.67. The predicted octanol–water partition coefficient (Wildman–Crippen LogP) is 2.22. The van der Waals surface area contributed by atoms with Gasteiger partial charge in [-0.1, -0.05) is 30.3 Å². The molecule has 0 radical (unpaired) electrons. The molecule has 0 spiro atoms. The molecule has 2 rings (SSSR count). The molecule has 1 fully saturated rings. The van der Waals surface area contributed by atoms with Gasteiger partial charge in [0.05, 0.1) is 12.1 Å². The number of amides is 1. The van der Waals surface area contributed by atoms with Gasteiger partial charge in [0.2, 0.25) is 0 Å². The molecule has 1 aromatic rings. The summed E-state index contributed by atoms with van der Waals surface area (Å²) < 4.78 is 5.35. The smallest absolute Gasteiger partial charge is 0.407 e. The van der Waals surface area contributed by atoms with Crippen LogP contribution >= 0.6 is 0 Å². The average molecular weight is 306 g/mol. The summed E-state index contributed by atoms with van der Waals surface area (Å²) in [5, 5.41) is 16.1. The van der Waals surface area contributed by atoms with Gasteiger partial charge in [-0.25, -0.2) is 4.79 Å². The molecule has 1 aliphatic heterocycles. The summed E-state index contributed by atoms with van der Waals surface area (Å²) in [7, 11) is 0. The van der Waals surface area contributed by atoms with Crippen LogP contribution in [-0.2, 0) is 4.74 Å². The summed E-state index contributed by atoms with van der Waals surface area (Å²) in [4.78, 5) is 12.1. The molecule has 0 unspecified atom stereocenters. The van der Waals surface area contributed by atoms with Crippen molar-refractivity contribution in [3.05, 3.63) is 35.9 Å². The van der Waals surface area contributed by atoms with E-state index in [1.54, 1.807) is 0 Å². The molecule has 5 nitrogen and oxygen atoms in total. The summed E-state index contributed by atoms with van der Waals surface area (Å²) >= 11 is 0. The molecule has 1 aliphatic rings. The van der Waals surface area contributed by atoms with Gasteiger partial charge in [0, 0.05) is 18.6 Å². The molecule has 0 aromatic heterocycles. The predicted molar refractivity (Wildman–Crippen MR) is 85.5 cm³/mol. The van der Waals surface area contributed by atoms with Gasteiger partial charge in [0.25, 0.3) is 0 Å². The zero-order chi connectivity index (χ0) is 16.3. The molecule has 1 aromatic carbocycles. The zero-order valence-electron chi connectivity index (χ0n) is 13.7. The number of aliphatic hydroxyl groups excluding tert-OH is 1. The molecule has 3 N–H and O–H groups in total. The minimum absolute atomic E-state index is 0.0119. The maximum absolute atomic E-state index is 12.1. The molecular formula is C17H26N2O3. The van der Waals surface area contributed by atoms with Crippen LogP contribution in [0.15, 0.2) is 30.3 Å². The third kappa shape index (κ3) is 3.99. The van der Waals surface area contributed by atoms with Crippen molar-refractivity contribution >= 4 is 6.09 Å². The van der Waals surface area contributed by atoms with Crippen LogP contribution in [0.25, 0.3) is 0 Å². The van der Waals surface area contributed by atoms with Gasteiger partial charge in [-0.2, -0.15) is 0 Å². The van der Waals surface area contributed by atoms with Crippen molar-refractivity contribution in [2.45, 2.75) is 51.4 Å². The Balaban J connectivity index is 2.17. The number of carbonyl (C=O) groups is 1. The van der Waals surface area contributed by atoms with Crippen LogP contribution in [0.5, 0.6) is 0 Å².